The van der Waals surface area contributed by atoms with Gasteiger partial charge < -0.3 is 9.57 Å². The molecule has 6 heteroatoms. The van der Waals surface area contributed by atoms with Crippen molar-refractivity contribution in [1.29, 1.82) is 0 Å². The van der Waals surface area contributed by atoms with Gasteiger partial charge in [-0.3, -0.25) is 9.59 Å². The summed E-state index contributed by atoms with van der Waals surface area (Å²) in [5.41, 5.74) is 0.669. The molecule has 0 unspecified atom stereocenters. The first-order valence-electron chi connectivity index (χ1n) is 5.86. The van der Waals surface area contributed by atoms with Crippen LogP contribution < -0.4 is 0 Å². The van der Waals surface area contributed by atoms with Crippen molar-refractivity contribution in [2.24, 2.45) is 0 Å². The maximum atomic E-state index is 12.0. The van der Waals surface area contributed by atoms with Crippen molar-refractivity contribution in [1.82, 2.24) is 5.06 Å². The number of ether oxygens (including phenoxy) is 1. The van der Waals surface area contributed by atoms with Gasteiger partial charge in [-0.1, -0.05) is 17.2 Å². The predicted octanol–water partition coefficient (Wildman–Crippen LogP) is 1.21. The molecule has 0 aromatic heterocycles. The third kappa shape index (κ3) is 1.87. The molecule has 0 saturated heterocycles. The highest BCUT2D eigenvalue weighted by Gasteiger charge is 2.39. The average molecular weight is 271 g/mol. The largest absolute Gasteiger partial charge is 0.496 e. The number of carbonyl (C=O) groups excluding carboxylic acids is 3. The summed E-state index contributed by atoms with van der Waals surface area (Å²) in [6.07, 6.45) is 4.46. The van der Waals surface area contributed by atoms with E-state index in [4.69, 9.17) is 9.57 Å². The van der Waals surface area contributed by atoms with Crippen LogP contribution in [0.5, 0.6) is 0 Å². The quantitative estimate of drug-likeness (QED) is 0.756. The molecule has 2 heterocycles. The van der Waals surface area contributed by atoms with Crippen molar-refractivity contribution in [3.8, 4) is 0 Å². The first kappa shape index (κ1) is 12.2. The van der Waals surface area contributed by atoms with Crippen molar-refractivity contribution in [2.45, 2.75) is 0 Å². The standard InChI is InChI=1S/C14H9NO5/c16-12-10-5-1-2-6-11(10)13(17)15(12)20-14(18)9-4-3-7-19-8-9/h1-7H,8H2. The fourth-order valence-electron chi connectivity index (χ4n) is 1.92. The summed E-state index contributed by atoms with van der Waals surface area (Å²) in [7, 11) is 0. The normalized spacial score (nSPS) is 16.6. The summed E-state index contributed by atoms with van der Waals surface area (Å²) in [5.74, 6) is -2.08. The van der Waals surface area contributed by atoms with Crippen LogP contribution in [0.3, 0.4) is 0 Å². The van der Waals surface area contributed by atoms with Gasteiger partial charge in [-0.15, -0.1) is 0 Å². The Morgan fingerprint density at radius 3 is 2.35 bits per heavy atom. The van der Waals surface area contributed by atoms with Crippen LogP contribution in [0.1, 0.15) is 20.7 Å². The summed E-state index contributed by atoms with van der Waals surface area (Å²) in [5, 5.41) is 0.478. The maximum absolute atomic E-state index is 12.0. The molecule has 2 amide bonds. The van der Waals surface area contributed by atoms with Gasteiger partial charge in [0, 0.05) is 0 Å². The molecule has 2 aliphatic heterocycles. The van der Waals surface area contributed by atoms with Gasteiger partial charge >= 0.3 is 5.97 Å². The molecule has 2 aliphatic rings. The van der Waals surface area contributed by atoms with Gasteiger partial charge in [0.15, 0.2) is 0 Å². The average Bonchev–Trinajstić information content (AvgIpc) is 2.74. The highest BCUT2D eigenvalue weighted by atomic mass is 16.7. The third-order valence-electron chi connectivity index (χ3n) is 2.90. The molecule has 0 bridgehead atoms. The highest BCUT2D eigenvalue weighted by molar-refractivity contribution is 6.21. The number of hydrogen-bond acceptors (Lipinski definition) is 5. The second kappa shape index (κ2) is 4.65. The third-order valence-corrected chi connectivity index (χ3v) is 2.90. The van der Waals surface area contributed by atoms with Crippen molar-refractivity contribution in [3.63, 3.8) is 0 Å². The van der Waals surface area contributed by atoms with Gasteiger partial charge in [-0.2, -0.15) is 0 Å². The fraction of sp³-hybridized carbons (Fsp3) is 0.0714. The SMILES string of the molecule is O=C(ON1C(=O)c2ccccc2C1=O)C1=CC=COC1. The van der Waals surface area contributed by atoms with E-state index < -0.39 is 17.8 Å². The number of hydroxylamine groups is 2. The van der Waals surface area contributed by atoms with Gasteiger partial charge in [0.25, 0.3) is 11.8 Å². The Kier molecular flexibility index (Phi) is 2.83. The van der Waals surface area contributed by atoms with Gasteiger partial charge in [0.1, 0.15) is 6.61 Å². The van der Waals surface area contributed by atoms with Gasteiger partial charge in [0.05, 0.1) is 23.0 Å². The van der Waals surface area contributed by atoms with Crippen molar-refractivity contribution in [3.05, 3.63) is 59.4 Å². The van der Waals surface area contributed by atoms with Crippen LogP contribution in [0.15, 0.2) is 48.3 Å². The number of fused-ring (bicyclic) bond motifs is 1. The zero-order valence-electron chi connectivity index (χ0n) is 10.2. The number of benzene rings is 1. The molecule has 0 spiro atoms. The monoisotopic (exact) mass is 271 g/mol. The minimum atomic E-state index is -0.788. The van der Waals surface area contributed by atoms with Crippen molar-refractivity contribution in [2.75, 3.05) is 6.61 Å². The Labute approximate surface area is 113 Å². The van der Waals surface area contributed by atoms with Crippen molar-refractivity contribution < 1.29 is 24.0 Å². The van der Waals surface area contributed by atoms with Gasteiger partial charge in [-0.25, -0.2) is 4.79 Å². The van der Waals surface area contributed by atoms with Crippen LogP contribution in [0, 0.1) is 0 Å². The highest BCUT2D eigenvalue weighted by Crippen LogP contribution is 2.23. The summed E-state index contributed by atoms with van der Waals surface area (Å²) in [4.78, 5) is 40.7. The second-order valence-electron chi connectivity index (χ2n) is 4.16. The second-order valence-corrected chi connectivity index (χ2v) is 4.16. The molecule has 0 saturated carbocycles. The van der Waals surface area contributed by atoms with E-state index in [2.05, 4.69) is 0 Å². The maximum Gasteiger partial charge on any atom is 0.363 e. The number of rotatable bonds is 2. The minimum Gasteiger partial charge on any atom is -0.496 e. The smallest absolute Gasteiger partial charge is 0.363 e. The summed E-state index contributed by atoms with van der Waals surface area (Å²) in [6, 6.07) is 6.29. The Morgan fingerprint density at radius 1 is 1.15 bits per heavy atom. The van der Waals surface area contributed by atoms with E-state index in [1.807, 2.05) is 0 Å². The number of allylic oxidation sites excluding steroid dienone is 2. The molecule has 0 radical (unpaired) electrons. The van der Waals surface area contributed by atoms with Crippen LogP contribution in [-0.4, -0.2) is 29.5 Å². The first-order chi connectivity index (χ1) is 9.68. The lowest BCUT2D eigenvalue weighted by Gasteiger charge is -2.14. The summed E-state index contributed by atoms with van der Waals surface area (Å²) < 4.78 is 4.95. The predicted molar refractivity (Wildman–Crippen MR) is 66.2 cm³/mol. The first-order valence-corrected chi connectivity index (χ1v) is 5.86. The molecule has 3 rings (SSSR count). The van der Waals surface area contributed by atoms with Crippen LogP contribution in [0.2, 0.25) is 0 Å². The van der Waals surface area contributed by atoms with E-state index in [-0.39, 0.29) is 23.3 Å². The molecule has 6 nitrogen and oxygen atoms in total. The van der Waals surface area contributed by atoms with E-state index in [0.29, 0.717) is 5.06 Å². The zero-order valence-corrected chi connectivity index (χ0v) is 10.2. The van der Waals surface area contributed by atoms with Crippen molar-refractivity contribution >= 4 is 17.8 Å². The Hall–Kier alpha value is -2.89. The minimum absolute atomic E-state index is 0.0402. The summed E-state index contributed by atoms with van der Waals surface area (Å²) in [6.45, 7) is 0.0402. The summed E-state index contributed by atoms with van der Waals surface area (Å²) >= 11 is 0. The number of hydrogen-bond donors (Lipinski definition) is 0. The fourth-order valence-corrected chi connectivity index (χ4v) is 1.92. The Balaban J connectivity index is 1.82. The molecular formula is C14H9NO5. The molecule has 1 aromatic carbocycles. The molecule has 20 heavy (non-hydrogen) atoms. The lowest BCUT2D eigenvalue weighted by molar-refractivity contribution is -0.164. The lowest BCUT2D eigenvalue weighted by Crippen LogP contribution is -2.33. The lowest BCUT2D eigenvalue weighted by atomic mass is 10.1. The molecule has 0 N–H and O–H groups in total. The molecule has 0 aliphatic carbocycles. The zero-order chi connectivity index (χ0) is 14.1. The number of amides is 2. The molecular weight excluding hydrogens is 262 g/mol. The molecule has 0 atom stereocenters. The van der Waals surface area contributed by atoms with Crippen LogP contribution >= 0.6 is 0 Å². The number of imide groups is 1. The van der Waals surface area contributed by atoms with Gasteiger partial charge in [0.2, 0.25) is 0 Å². The molecule has 0 fully saturated rings. The number of nitrogens with zero attached hydrogens (tertiary/aromatic N) is 1. The topological polar surface area (TPSA) is 72.9 Å². The van der Waals surface area contributed by atoms with E-state index in [1.54, 1.807) is 12.1 Å². The van der Waals surface area contributed by atoms with E-state index in [9.17, 15) is 14.4 Å². The van der Waals surface area contributed by atoms with Gasteiger partial charge in [-0.05, 0) is 24.3 Å². The molecule has 100 valence electrons. The van der Waals surface area contributed by atoms with E-state index in [1.165, 1.54) is 30.5 Å². The number of carbonyl (C=O) groups is 3. The van der Waals surface area contributed by atoms with E-state index in [0.717, 1.165) is 0 Å². The molecule has 1 aromatic rings. The van der Waals surface area contributed by atoms with Crippen LogP contribution in [0.4, 0.5) is 0 Å². The van der Waals surface area contributed by atoms with E-state index >= 15 is 0 Å². The Bertz CT molecular complexity index is 639. The van der Waals surface area contributed by atoms with Crippen LogP contribution in [-0.2, 0) is 14.4 Å². The Morgan fingerprint density at radius 2 is 1.80 bits per heavy atom. The van der Waals surface area contributed by atoms with Crippen LogP contribution in [0.25, 0.3) is 0 Å².